The van der Waals surface area contributed by atoms with Crippen molar-refractivity contribution in [1.82, 2.24) is 0 Å². The molecule has 7 heteroatoms. The van der Waals surface area contributed by atoms with Crippen LogP contribution in [0.25, 0.3) is 0 Å². The number of nitrogens with zero attached hydrogens (tertiary/aromatic N) is 2. The zero-order valence-electron chi connectivity index (χ0n) is 39.8. The standard InChI is InChI=1S/C17H23N.C17H24O.C15H22O.C5H10NO2P/c2*1-17(2,3)16(11-7-8-14-18)13-12-15-9-5-4-6-10-15;1-15(2,3)14(11-12-16)10-9-13-7-5-4-6-8-13;1-3-8-9(2,7)5-4-6/h7-9,11-13H,4-6,10H2,1-3H3;7-9,11-14H,4-6,10H2,1-3H3;7,9-12H,4-6,8H2,1-3H3;3,5H2,1-2H3/b2*8-7+,13-12+,16-11-;10-9+,14-11+;. The number of carbonyl (C=O) groups is 2. The van der Waals surface area contributed by atoms with Crippen molar-refractivity contribution in [2.24, 2.45) is 16.2 Å². The van der Waals surface area contributed by atoms with Gasteiger partial charge in [0.05, 0.1) is 18.7 Å². The summed E-state index contributed by atoms with van der Waals surface area (Å²) in [6.07, 6.45) is 49.2. The molecule has 61 heavy (non-hydrogen) atoms. The summed E-state index contributed by atoms with van der Waals surface area (Å²) in [5, 5.41) is 16.6. The quantitative estimate of drug-likeness (QED) is 0.0600. The Morgan fingerprint density at radius 3 is 1.31 bits per heavy atom. The second kappa shape index (κ2) is 31.5. The van der Waals surface area contributed by atoms with Crippen LogP contribution in [0.1, 0.15) is 146 Å². The minimum absolute atomic E-state index is 0.0147. The Hall–Kier alpha value is -4.35. The van der Waals surface area contributed by atoms with Gasteiger partial charge in [-0.15, -0.1) is 0 Å². The zero-order valence-corrected chi connectivity index (χ0v) is 40.7. The molecule has 0 aromatic carbocycles. The van der Waals surface area contributed by atoms with Gasteiger partial charge in [0.15, 0.2) is 0 Å². The fourth-order valence-corrected chi connectivity index (χ4v) is 7.11. The zero-order chi connectivity index (χ0) is 46.2. The lowest BCUT2D eigenvalue weighted by Crippen LogP contribution is -2.07. The number of rotatable bonds is 13. The highest BCUT2D eigenvalue weighted by Gasteiger charge is 2.16. The summed E-state index contributed by atoms with van der Waals surface area (Å²) >= 11 is 0. The lowest BCUT2D eigenvalue weighted by Gasteiger charge is -2.20. The molecule has 334 valence electrons. The normalized spacial score (nSPS) is 18.0. The molecule has 6 nitrogen and oxygen atoms in total. The van der Waals surface area contributed by atoms with E-state index in [9.17, 15) is 14.2 Å². The van der Waals surface area contributed by atoms with Crippen LogP contribution < -0.4 is 0 Å². The summed E-state index contributed by atoms with van der Waals surface area (Å²) in [6.45, 7) is 23.2. The average Bonchev–Trinajstić information content (AvgIpc) is 3.19. The van der Waals surface area contributed by atoms with Gasteiger partial charge in [0, 0.05) is 12.7 Å². The highest BCUT2D eigenvalue weighted by molar-refractivity contribution is 7.58. The Labute approximate surface area is 372 Å². The predicted octanol–water partition coefficient (Wildman–Crippen LogP) is 15.5. The third-order valence-electron chi connectivity index (χ3n) is 9.93. The lowest BCUT2D eigenvalue weighted by molar-refractivity contribution is -0.104. The lowest BCUT2D eigenvalue weighted by atomic mass is 9.85. The van der Waals surface area contributed by atoms with Crippen molar-refractivity contribution in [2.75, 3.05) is 19.4 Å². The first-order chi connectivity index (χ1) is 28.7. The number of aldehydes is 2. The summed E-state index contributed by atoms with van der Waals surface area (Å²) in [4.78, 5) is 20.9. The fourth-order valence-electron chi connectivity index (χ4n) is 6.22. The maximum Gasteiger partial charge on any atom is 0.213 e. The molecule has 0 amide bonds. The van der Waals surface area contributed by atoms with Gasteiger partial charge < -0.3 is 4.52 Å². The second-order valence-corrected chi connectivity index (χ2v) is 21.2. The summed E-state index contributed by atoms with van der Waals surface area (Å²) in [5.74, 6) is 0. The molecular formula is C54H79N2O4P. The monoisotopic (exact) mass is 851 g/mol. The SMILES string of the molecule is CC(C)(C)C(/C=C/C1=CCCCC1)=C/C=O.CC(C)(C)C(=C\C=C\C#N)/C=C/C1=CCCCC1.CC(C)(C)C(=C\C=C\C=O)/C=C/C1=CCCCC1.CCOP(C)(=O)CC#N. The van der Waals surface area contributed by atoms with Gasteiger partial charge in [0.25, 0.3) is 0 Å². The molecule has 0 spiro atoms. The molecule has 1 unspecified atom stereocenters. The van der Waals surface area contributed by atoms with Crippen molar-refractivity contribution in [3.05, 3.63) is 131 Å². The molecule has 3 aliphatic rings. The predicted molar refractivity (Wildman–Crippen MR) is 261 cm³/mol. The van der Waals surface area contributed by atoms with E-state index in [2.05, 4.69) is 117 Å². The van der Waals surface area contributed by atoms with E-state index in [0.717, 1.165) is 18.1 Å². The van der Waals surface area contributed by atoms with E-state index in [-0.39, 0.29) is 22.4 Å². The Kier molecular flexibility index (Phi) is 29.2. The van der Waals surface area contributed by atoms with Crippen LogP contribution in [0.15, 0.2) is 131 Å². The van der Waals surface area contributed by atoms with Gasteiger partial charge in [-0.05, 0) is 129 Å². The minimum atomic E-state index is -2.55. The van der Waals surface area contributed by atoms with Gasteiger partial charge in [-0.25, -0.2) is 0 Å². The van der Waals surface area contributed by atoms with Crippen molar-refractivity contribution in [1.29, 1.82) is 10.5 Å². The molecule has 0 heterocycles. The largest absolute Gasteiger partial charge is 0.328 e. The Balaban J connectivity index is 0.000000808. The molecule has 3 rings (SSSR count). The van der Waals surface area contributed by atoms with Crippen LogP contribution in [0.2, 0.25) is 0 Å². The number of carbonyl (C=O) groups excluding carboxylic acids is 2. The van der Waals surface area contributed by atoms with E-state index < -0.39 is 7.37 Å². The molecule has 0 radical (unpaired) electrons. The van der Waals surface area contributed by atoms with Crippen LogP contribution in [0.5, 0.6) is 0 Å². The molecule has 1 atom stereocenters. The third-order valence-corrected chi connectivity index (χ3v) is 11.4. The minimum Gasteiger partial charge on any atom is -0.328 e. The third kappa shape index (κ3) is 29.5. The maximum absolute atomic E-state index is 11.0. The van der Waals surface area contributed by atoms with Crippen molar-refractivity contribution in [2.45, 2.75) is 146 Å². The van der Waals surface area contributed by atoms with Crippen molar-refractivity contribution in [3.63, 3.8) is 0 Å². The van der Waals surface area contributed by atoms with E-state index in [0.29, 0.717) is 6.61 Å². The summed E-state index contributed by atoms with van der Waals surface area (Å²) in [5.41, 5.74) is 8.11. The molecule has 0 aromatic heterocycles. The van der Waals surface area contributed by atoms with Gasteiger partial charge in [-0.3, -0.25) is 14.2 Å². The van der Waals surface area contributed by atoms with E-state index in [1.54, 1.807) is 19.1 Å². The van der Waals surface area contributed by atoms with Crippen LogP contribution in [0, 0.1) is 38.9 Å². The molecule has 0 aromatic rings. The van der Waals surface area contributed by atoms with Crippen LogP contribution >= 0.6 is 7.37 Å². The van der Waals surface area contributed by atoms with Gasteiger partial charge in [0.1, 0.15) is 18.7 Å². The first-order valence-electron chi connectivity index (χ1n) is 22.2. The Morgan fingerprint density at radius 2 is 1.02 bits per heavy atom. The van der Waals surface area contributed by atoms with E-state index in [1.165, 1.54) is 124 Å². The Bertz CT molecular complexity index is 1820. The highest BCUT2D eigenvalue weighted by atomic mass is 31.2. The number of hydrogen-bond donors (Lipinski definition) is 0. The molecular weight excluding hydrogens is 772 g/mol. The van der Waals surface area contributed by atoms with E-state index in [4.69, 9.17) is 15.0 Å². The van der Waals surface area contributed by atoms with Crippen LogP contribution in [0.3, 0.4) is 0 Å². The summed E-state index contributed by atoms with van der Waals surface area (Å²) in [6, 6.07) is 3.82. The summed E-state index contributed by atoms with van der Waals surface area (Å²) < 4.78 is 15.8. The van der Waals surface area contributed by atoms with Crippen molar-refractivity contribution in [3.8, 4) is 12.1 Å². The van der Waals surface area contributed by atoms with E-state index >= 15 is 0 Å². The number of nitriles is 2. The second-order valence-electron chi connectivity index (χ2n) is 18.6. The molecule has 0 bridgehead atoms. The highest BCUT2D eigenvalue weighted by Crippen LogP contribution is 2.41. The first-order valence-corrected chi connectivity index (χ1v) is 24.4. The summed E-state index contributed by atoms with van der Waals surface area (Å²) in [7, 11) is -2.55. The van der Waals surface area contributed by atoms with Crippen LogP contribution in [-0.4, -0.2) is 32.0 Å². The van der Waals surface area contributed by atoms with Crippen molar-refractivity contribution >= 4 is 19.9 Å². The average molecular weight is 851 g/mol. The topological polar surface area (TPSA) is 108 Å². The number of hydrogen-bond acceptors (Lipinski definition) is 6. The van der Waals surface area contributed by atoms with Gasteiger partial charge >= 0.3 is 0 Å². The van der Waals surface area contributed by atoms with Gasteiger partial charge in [-0.1, -0.05) is 158 Å². The first kappa shape index (κ1) is 56.6. The maximum atomic E-state index is 11.0. The van der Waals surface area contributed by atoms with E-state index in [1.807, 2.05) is 30.4 Å². The molecule has 0 saturated heterocycles. The van der Waals surface area contributed by atoms with Crippen LogP contribution in [0.4, 0.5) is 0 Å². The molecule has 0 fully saturated rings. The number of allylic oxidation sites excluding steroid dienone is 22. The molecule has 0 aliphatic heterocycles. The van der Waals surface area contributed by atoms with Gasteiger partial charge in [-0.2, -0.15) is 10.5 Å². The Morgan fingerprint density at radius 1 is 0.623 bits per heavy atom. The van der Waals surface area contributed by atoms with Gasteiger partial charge in [0.2, 0.25) is 7.37 Å². The van der Waals surface area contributed by atoms with Crippen LogP contribution in [-0.2, 0) is 18.7 Å². The smallest absolute Gasteiger partial charge is 0.213 e. The molecule has 0 saturated carbocycles. The fraction of sp³-hybridized carbons (Fsp3) is 0.519. The van der Waals surface area contributed by atoms with Crippen molar-refractivity contribution < 1.29 is 18.7 Å². The molecule has 0 N–H and O–H groups in total. The molecule has 3 aliphatic carbocycles.